The maximum Gasteiger partial charge on any atom is 0.143 e. The highest BCUT2D eigenvalue weighted by molar-refractivity contribution is 5.64. The van der Waals surface area contributed by atoms with Crippen molar-refractivity contribution in [2.24, 2.45) is 0 Å². The zero-order valence-corrected chi connectivity index (χ0v) is 11.9. The summed E-state index contributed by atoms with van der Waals surface area (Å²) >= 11 is 0. The minimum Gasteiger partial charge on any atom is -0.379 e. The van der Waals surface area contributed by atoms with Crippen LogP contribution in [0, 0.1) is 13.8 Å². The average Bonchev–Trinajstić information content (AvgIpc) is 2.80. The molecule has 0 saturated carbocycles. The van der Waals surface area contributed by atoms with Crippen LogP contribution in [0.25, 0.3) is 11.3 Å². The number of rotatable bonds is 3. The molecule has 0 N–H and O–H groups in total. The first kappa shape index (κ1) is 13.3. The van der Waals surface area contributed by atoms with Gasteiger partial charge >= 0.3 is 0 Å². The van der Waals surface area contributed by atoms with E-state index < -0.39 is 0 Å². The average molecular weight is 273 g/mol. The highest BCUT2D eigenvalue weighted by Gasteiger charge is 2.15. The van der Waals surface area contributed by atoms with Crippen molar-refractivity contribution in [2.45, 2.75) is 20.4 Å². The van der Waals surface area contributed by atoms with Gasteiger partial charge < -0.3 is 9.26 Å². The fourth-order valence-electron chi connectivity index (χ4n) is 2.58. The summed E-state index contributed by atoms with van der Waals surface area (Å²) in [5.74, 6) is 0.818. The molecule has 20 heavy (non-hydrogen) atoms. The molecule has 0 bridgehead atoms. The molecule has 0 atom stereocenters. The van der Waals surface area contributed by atoms with Crippen molar-refractivity contribution in [3.63, 3.8) is 0 Å². The van der Waals surface area contributed by atoms with E-state index >= 15 is 0 Å². The molecule has 0 spiro atoms. The quantitative estimate of drug-likeness (QED) is 0.858. The minimum absolute atomic E-state index is 0.818. The topological polar surface area (TPSA) is 51.4 Å². The van der Waals surface area contributed by atoms with Gasteiger partial charge in [0.25, 0.3) is 0 Å². The number of hydrogen-bond acceptors (Lipinski definition) is 5. The molecule has 5 heteroatoms. The maximum atomic E-state index is 5.38. The van der Waals surface area contributed by atoms with Gasteiger partial charge in [-0.2, -0.15) is 0 Å². The van der Waals surface area contributed by atoms with E-state index in [0.717, 1.165) is 55.6 Å². The summed E-state index contributed by atoms with van der Waals surface area (Å²) in [6.07, 6.45) is 1.86. The summed E-state index contributed by atoms with van der Waals surface area (Å²) in [6, 6.07) is 4.19. The summed E-state index contributed by atoms with van der Waals surface area (Å²) in [5.41, 5.74) is 4.09. The summed E-state index contributed by atoms with van der Waals surface area (Å²) in [4.78, 5) is 6.85. The highest BCUT2D eigenvalue weighted by atomic mass is 16.5. The van der Waals surface area contributed by atoms with Gasteiger partial charge in [0.05, 0.1) is 30.2 Å². The Morgan fingerprint density at radius 2 is 2.05 bits per heavy atom. The normalized spacial score (nSPS) is 16.5. The molecule has 106 valence electrons. The van der Waals surface area contributed by atoms with Crippen molar-refractivity contribution in [3.8, 4) is 11.3 Å². The van der Waals surface area contributed by atoms with Crippen LogP contribution in [0.3, 0.4) is 0 Å². The Labute approximate surface area is 118 Å². The highest BCUT2D eigenvalue weighted by Crippen LogP contribution is 2.25. The third-order valence-corrected chi connectivity index (χ3v) is 3.62. The lowest BCUT2D eigenvalue weighted by Crippen LogP contribution is -2.35. The zero-order chi connectivity index (χ0) is 13.9. The third kappa shape index (κ3) is 2.73. The lowest BCUT2D eigenvalue weighted by Gasteiger charge is -2.26. The Morgan fingerprint density at radius 1 is 1.25 bits per heavy atom. The molecule has 0 unspecified atom stereocenters. The molecule has 1 saturated heterocycles. The van der Waals surface area contributed by atoms with E-state index in [2.05, 4.69) is 27.2 Å². The number of hydrogen-bond donors (Lipinski definition) is 0. The van der Waals surface area contributed by atoms with Crippen LogP contribution < -0.4 is 0 Å². The molecule has 0 radical (unpaired) electrons. The largest absolute Gasteiger partial charge is 0.379 e. The van der Waals surface area contributed by atoms with Gasteiger partial charge in [-0.05, 0) is 31.5 Å². The Bertz CT molecular complexity index is 569. The monoisotopic (exact) mass is 273 g/mol. The van der Waals surface area contributed by atoms with E-state index in [4.69, 9.17) is 9.26 Å². The molecular weight excluding hydrogens is 254 g/mol. The number of nitrogens with zero attached hydrogens (tertiary/aromatic N) is 3. The molecule has 1 fully saturated rings. The summed E-state index contributed by atoms with van der Waals surface area (Å²) in [5, 5.41) is 4.00. The SMILES string of the molecule is Cc1noc(C)c1-c1cc(CN2CCOCC2)ccn1. The fourth-order valence-corrected chi connectivity index (χ4v) is 2.58. The van der Waals surface area contributed by atoms with Gasteiger partial charge in [0, 0.05) is 25.8 Å². The third-order valence-electron chi connectivity index (χ3n) is 3.62. The van der Waals surface area contributed by atoms with Crippen LogP contribution in [0.5, 0.6) is 0 Å². The summed E-state index contributed by atoms with van der Waals surface area (Å²) < 4.78 is 10.6. The van der Waals surface area contributed by atoms with Gasteiger partial charge in [-0.1, -0.05) is 5.16 Å². The van der Waals surface area contributed by atoms with Crippen molar-refractivity contribution in [3.05, 3.63) is 35.3 Å². The molecule has 3 heterocycles. The van der Waals surface area contributed by atoms with Crippen molar-refractivity contribution in [2.75, 3.05) is 26.3 Å². The smallest absolute Gasteiger partial charge is 0.143 e. The maximum absolute atomic E-state index is 5.38. The number of pyridine rings is 1. The number of aromatic nitrogens is 2. The number of morpholine rings is 1. The molecule has 0 amide bonds. The second-order valence-electron chi connectivity index (χ2n) is 5.14. The molecule has 5 nitrogen and oxygen atoms in total. The molecular formula is C15H19N3O2. The molecule has 0 aromatic carbocycles. The lowest BCUT2D eigenvalue weighted by atomic mass is 10.1. The lowest BCUT2D eigenvalue weighted by molar-refractivity contribution is 0.0342. The van der Waals surface area contributed by atoms with Gasteiger partial charge in [-0.3, -0.25) is 9.88 Å². The molecule has 0 aliphatic carbocycles. The first-order valence-electron chi connectivity index (χ1n) is 6.92. The zero-order valence-electron chi connectivity index (χ0n) is 11.9. The van der Waals surface area contributed by atoms with Gasteiger partial charge in [0.1, 0.15) is 5.76 Å². The predicted octanol–water partition coefficient (Wildman–Crippen LogP) is 2.19. The molecule has 2 aromatic heterocycles. The number of aryl methyl sites for hydroxylation is 2. The van der Waals surface area contributed by atoms with E-state index in [1.807, 2.05) is 20.0 Å². The van der Waals surface area contributed by atoms with Crippen LogP contribution in [0.2, 0.25) is 0 Å². The Kier molecular flexibility index (Phi) is 3.80. The van der Waals surface area contributed by atoms with Crippen molar-refractivity contribution in [1.29, 1.82) is 0 Å². The van der Waals surface area contributed by atoms with Gasteiger partial charge in [-0.15, -0.1) is 0 Å². The van der Waals surface area contributed by atoms with Crippen LogP contribution >= 0.6 is 0 Å². The van der Waals surface area contributed by atoms with E-state index in [9.17, 15) is 0 Å². The molecule has 1 aliphatic heterocycles. The van der Waals surface area contributed by atoms with Crippen LogP contribution in [-0.4, -0.2) is 41.3 Å². The van der Waals surface area contributed by atoms with Crippen LogP contribution in [0.4, 0.5) is 0 Å². The molecule has 2 aromatic rings. The predicted molar refractivity (Wildman–Crippen MR) is 75.3 cm³/mol. The van der Waals surface area contributed by atoms with Crippen molar-refractivity contribution in [1.82, 2.24) is 15.0 Å². The fraction of sp³-hybridized carbons (Fsp3) is 0.467. The Hall–Kier alpha value is -1.72. The van der Waals surface area contributed by atoms with Crippen LogP contribution in [0.1, 0.15) is 17.0 Å². The second-order valence-corrected chi connectivity index (χ2v) is 5.14. The van der Waals surface area contributed by atoms with E-state index in [1.54, 1.807) is 0 Å². The van der Waals surface area contributed by atoms with Crippen LogP contribution in [0.15, 0.2) is 22.9 Å². The second kappa shape index (κ2) is 5.73. The van der Waals surface area contributed by atoms with Crippen molar-refractivity contribution >= 4 is 0 Å². The first-order chi connectivity index (χ1) is 9.74. The standard InChI is InChI=1S/C15H19N3O2/c1-11-15(12(2)20-17-11)14-9-13(3-4-16-14)10-18-5-7-19-8-6-18/h3-4,9H,5-8,10H2,1-2H3. The van der Waals surface area contributed by atoms with Crippen molar-refractivity contribution < 1.29 is 9.26 Å². The van der Waals surface area contributed by atoms with Crippen LogP contribution in [-0.2, 0) is 11.3 Å². The Balaban J connectivity index is 1.82. The minimum atomic E-state index is 0.818. The first-order valence-corrected chi connectivity index (χ1v) is 6.92. The summed E-state index contributed by atoms with van der Waals surface area (Å²) in [7, 11) is 0. The molecule has 3 rings (SSSR count). The van der Waals surface area contributed by atoms with E-state index in [0.29, 0.717) is 0 Å². The summed E-state index contributed by atoms with van der Waals surface area (Å²) in [6.45, 7) is 8.42. The number of ether oxygens (including phenoxy) is 1. The van der Waals surface area contributed by atoms with E-state index in [1.165, 1.54) is 5.56 Å². The van der Waals surface area contributed by atoms with Gasteiger partial charge in [-0.25, -0.2) is 0 Å². The Morgan fingerprint density at radius 3 is 2.75 bits per heavy atom. The van der Waals surface area contributed by atoms with Gasteiger partial charge in [0.15, 0.2) is 0 Å². The molecule has 1 aliphatic rings. The van der Waals surface area contributed by atoms with E-state index in [-0.39, 0.29) is 0 Å². The van der Waals surface area contributed by atoms with Gasteiger partial charge in [0.2, 0.25) is 0 Å².